The molecule has 0 atom stereocenters. The molecule has 6 heavy (non-hydrogen) atoms. The van der Waals surface area contributed by atoms with Crippen LogP contribution in [-0.2, 0) is 34.1 Å². The molecule has 0 spiro atoms. The van der Waals surface area contributed by atoms with Crippen LogP contribution in [0.15, 0.2) is 0 Å². The summed E-state index contributed by atoms with van der Waals surface area (Å²) < 4.78 is 0. The van der Waals surface area contributed by atoms with Gasteiger partial charge in [0.2, 0.25) is 0 Å². The van der Waals surface area contributed by atoms with Gasteiger partial charge in [-0.2, -0.15) is 0 Å². The molecule has 0 bridgehead atoms. The fraction of sp³-hybridized carbons (Fsp3) is 0. The third-order valence-electron chi connectivity index (χ3n) is 0. The van der Waals surface area contributed by atoms with Crippen molar-refractivity contribution in [1.82, 2.24) is 0 Å². The molecule has 0 aliphatic carbocycles. The van der Waals surface area contributed by atoms with Crippen LogP contribution in [0.5, 0.6) is 0 Å². The standard InChI is InChI=1S/Al.Ba.Ca.Fe.Mn.H4Si.7H/h;;;;;1H4;;;;;;;/q;2*+2;;;;;;;4*-1. The molecule has 0 N–H and O–H groups in total. The number of rotatable bonds is 0. The summed E-state index contributed by atoms with van der Waals surface area (Å²) >= 11 is 0. The predicted molar refractivity (Wildman–Crippen MR) is 37.2 cm³/mol. The molecule has 0 aliphatic heterocycles. The summed E-state index contributed by atoms with van der Waals surface area (Å²) in [6.45, 7) is 0. The SMILES string of the molecule is [AlH3].[Ba+2].[Ca+2].[Fe].[H-].[H-].[H-].[H-].[Mn].[SiH4]. The van der Waals surface area contributed by atoms with E-state index in [0.717, 1.165) is 0 Å². The first-order chi connectivity index (χ1) is 0. The van der Waals surface area contributed by atoms with Crippen LogP contribution in [0.2, 0.25) is 0 Å². The Balaban J connectivity index is 0. The van der Waals surface area contributed by atoms with Crippen LogP contribution in [0.3, 0.4) is 0 Å². The predicted octanol–water partition coefficient (Wildman–Crippen LogP) is -2.95. The Morgan fingerprint density at radius 3 is 1.17 bits per heavy atom. The summed E-state index contributed by atoms with van der Waals surface area (Å²) in [7, 11) is 0. The van der Waals surface area contributed by atoms with E-state index in [1.54, 1.807) is 0 Å². The molecule has 0 aliphatic rings. The van der Waals surface area contributed by atoms with Gasteiger partial charge in [0.25, 0.3) is 0 Å². The molecule has 0 aromatic heterocycles. The van der Waals surface area contributed by atoms with E-state index in [4.69, 9.17) is 0 Å². The van der Waals surface area contributed by atoms with Gasteiger partial charge in [-0.15, -0.1) is 0 Å². The first-order valence-corrected chi connectivity index (χ1v) is 0. The summed E-state index contributed by atoms with van der Waals surface area (Å²) in [5.41, 5.74) is 0. The molecule has 0 aromatic carbocycles. The molecule has 0 saturated carbocycles. The van der Waals surface area contributed by atoms with E-state index in [0.29, 0.717) is 0 Å². The molecule has 0 nitrogen and oxygen atoms in total. The zero-order valence-electron chi connectivity index (χ0n) is 6.15. The molecular formula is H11AlBaCaFeMnSi. The van der Waals surface area contributed by atoms with Crippen LogP contribution in [0.25, 0.3) is 0 Å². The maximum atomic E-state index is 0. The molecule has 0 amide bonds. The van der Waals surface area contributed by atoms with Crippen LogP contribution < -0.4 is 0 Å². The van der Waals surface area contributed by atoms with E-state index in [1.807, 2.05) is 0 Å². The molecule has 0 unspecified atom stereocenters. The molecule has 0 heterocycles. The monoisotopic (exact) mass is 355 g/mol. The van der Waals surface area contributed by atoms with Crippen molar-refractivity contribution in [1.29, 1.82) is 0 Å². The van der Waals surface area contributed by atoms with Crippen LogP contribution in [0, 0.1) is 0 Å². The summed E-state index contributed by atoms with van der Waals surface area (Å²) in [4.78, 5) is 0. The minimum absolute atomic E-state index is 0. The maximum Gasteiger partial charge on any atom is 2.00 e. The first-order valence-electron chi connectivity index (χ1n) is 0. The van der Waals surface area contributed by atoms with E-state index < -0.39 is 0 Å². The van der Waals surface area contributed by atoms with Crippen LogP contribution in [0.1, 0.15) is 5.71 Å². The Kier molecular flexibility index (Phi) is 257. The first kappa shape index (κ1) is 46.0. The van der Waals surface area contributed by atoms with Gasteiger partial charge in [0, 0.05) is 34.1 Å². The van der Waals surface area contributed by atoms with Crippen molar-refractivity contribution < 1.29 is 39.8 Å². The van der Waals surface area contributed by atoms with Gasteiger partial charge in [0.05, 0.1) is 0 Å². The van der Waals surface area contributed by atoms with Crippen molar-refractivity contribution in [3.63, 3.8) is 0 Å². The van der Waals surface area contributed by atoms with Gasteiger partial charge in [-0.3, -0.25) is 0 Å². The van der Waals surface area contributed by atoms with Gasteiger partial charge in [0.15, 0.2) is 17.4 Å². The van der Waals surface area contributed by atoms with Crippen LogP contribution >= 0.6 is 0 Å². The zero-order valence-corrected chi connectivity index (χ0v) is 11.1. The van der Waals surface area contributed by atoms with Crippen molar-refractivity contribution in [3.05, 3.63) is 0 Å². The van der Waals surface area contributed by atoms with Gasteiger partial charge in [-0.05, 0) is 11.0 Å². The van der Waals surface area contributed by atoms with E-state index in [-0.39, 0.29) is 155 Å². The summed E-state index contributed by atoms with van der Waals surface area (Å²) in [5, 5.41) is 0. The van der Waals surface area contributed by atoms with E-state index in [9.17, 15) is 0 Å². The minimum Gasteiger partial charge on any atom is -1.00 e. The van der Waals surface area contributed by atoms with Crippen molar-refractivity contribution >= 4 is 115 Å². The summed E-state index contributed by atoms with van der Waals surface area (Å²) in [6.07, 6.45) is 0. The van der Waals surface area contributed by atoms with E-state index >= 15 is 0 Å². The minimum atomic E-state index is 0. The van der Waals surface area contributed by atoms with E-state index in [1.165, 1.54) is 0 Å². The summed E-state index contributed by atoms with van der Waals surface area (Å²) in [5.74, 6) is 0. The molecule has 0 fully saturated rings. The van der Waals surface area contributed by atoms with Gasteiger partial charge < -0.3 is 5.71 Å². The molecule has 0 saturated heterocycles. The fourth-order valence-corrected chi connectivity index (χ4v) is 0. The maximum absolute atomic E-state index is 0. The third-order valence-corrected chi connectivity index (χ3v) is 0. The fourth-order valence-electron chi connectivity index (χ4n) is 0. The average molecular weight is 354 g/mol. The largest absolute Gasteiger partial charge is 2.00 e. The van der Waals surface area contributed by atoms with Crippen LogP contribution in [-0.4, -0.2) is 115 Å². The number of hydrogen-bond donors (Lipinski definition) is 0. The molecule has 0 aromatic rings. The van der Waals surface area contributed by atoms with Crippen molar-refractivity contribution in [2.45, 2.75) is 0 Å². The average Bonchev–Trinajstić information content (AvgIpc) is 0. The van der Waals surface area contributed by atoms with Crippen LogP contribution in [0.4, 0.5) is 0 Å². The van der Waals surface area contributed by atoms with E-state index in [2.05, 4.69) is 0 Å². The zero-order chi connectivity index (χ0) is 0. The Bertz CT molecular complexity index is 25.2. The van der Waals surface area contributed by atoms with Crippen molar-refractivity contribution in [2.24, 2.45) is 0 Å². The molecule has 1 radical (unpaired) electrons. The number of hydrogen-bond acceptors (Lipinski definition) is 0. The quantitative estimate of drug-likeness (QED) is 0.408. The molecule has 6 heteroatoms. The third kappa shape index (κ3) is 23.5. The smallest absolute Gasteiger partial charge is 1.00 e. The summed E-state index contributed by atoms with van der Waals surface area (Å²) in [6, 6.07) is 0. The Morgan fingerprint density at radius 2 is 1.17 bits per heavy atom. The van der Waals surface area contributed by atoms with Gasteiger partial charge >= 0.3 is 86.6 Å². The van der Waals surface area contributed by atoms with Gasteiger partial charge in [-0.1, -0.05) is 0 Å². The Hall–Kier alpha value is 4.62. The Labute approximate surface area is 151 Å². The molecule has 37 valence electrons. The van der Waals surface area contributed by atoms with Gasteiger partial charge in [0.1, 0.15) is 0 Å². The second-order valence-electron chi connectivity index (χ2n) is 0. The second-order valence-corrected chi connectivity index (χ2v) is 0. The van der Waals surface area contributed by atoms with Crippen molar-refractivity contribution in [3.8, 4) is 0 Å². The topological polar surface area (TPSA) is 0 Å². The van der Waals surface area contributed by atoms with Crippen molar-refractivity contribution in [2.75, 3.05) is 0 Å². The Morgan fingerprint density at radius 1 is 1.17 bits per heavy atom. The normalized spacial score (nSPS) is 0. The molecular weight excluding hydrogens is 343 g/mol. The second kappa shape index (κ2) is 33.5. The molecule has 0 rings (SSSR count). The van der Waals surface area contributed by atoms with Gasteiger partial charge in [-0.25, -0.2) is 0 Å².